The summed E-state index contributed by atoms with van der Waals surface area (Å²) in [5.41, 5.74) is 2.09. The van der Waals surface area contributed by atoms with Crippen molar-refractivity contribution < 1.29 is 4.79 Å². The lowest BCUT2D eigenvalue weighted by Gasteiger charge is -2.05. The molecule has 0 N–H and O–H groups in total. The first-order valence-corrected chi connectivity index (χ1v) is 7.58. The van der Waals surface area contributed by atoms with E-state index in [2.05, 4.69) is 36.8 Å². The summed E-state index contributed by atoms with van der Waals surface area (Å²) in [5.74, 6) is -0.0450. The van der Waals surface area contributed by atoms with Crippen molar-refractivity contribution in [2.75, 3.05) is 0 Å². The van der Waals surface area contributed by atoms with Crippen molar-refractivity contribution in [3.63, 3.8) is 0 Å². The smallest absolute Gasteiger partial charge is 0.195 e. The second-order valence-electron chi connectivity index (χ2n) is 4.37. The van der Waals surface area contributed by atoms with Crippen molar-refractivity contribution in [3.05, 3.63) is 74.8 Å². The van der Waals surface area contributed by atoms with Crippen LogP contribution in [0.3, 0.4) is 0 Å². The lowest BCUT2D eigenvalue weighted by molar-refractivity contribution is 0.103. The van der Waals surface area contributed by atoms with E-state index >= 15 is 0 Å². The van der Waals surface area contributed by atoms with Crippen LogP contribution in [-0.4, -0.2) is 10.8 Å². The van der Waals surface area contributed by atoms with E-state index in [9.17, 15) is 4.79 Å². The van der Waals surface area contributed by atoms with E-state index in [1.165, 1.54) is 0 Å². The number of nitrogens with zero attached hydrogens (tertiary/aromatic N) is 1. The van der Waals surface area contributed by atoms with Gasteiger partial charge in [0, 0.05) is 31.7 Å². The predicted octanol–water partition coefficient (Wildman–Crippen LogP) is 4.99. The number of fused-ring (bicyclic) bond motifs is 1. The van der Waals surface area contributed by atoms with Gasteiger partial charge in [0.25, 0.3) is 0 Å². The second kappa shape index (κ2) is 5.46. The Hall–Kier alpha value is -1.52. The Bertz CT molecular complexity index is 814. The summed E-state index contributed by atoms with van der Waals surface area (Å²) >= 11 is 6.80. The van der Waals surface area contributed by atoms with E-state index in [0.717, 1.165) is 19.8 Å². The number of hydrogen-bond acceptors (Lipinski definition) is 2. The van der Waals surface area contributed by atoms with Crippen LogP contribution in [0.25, 0.3) is 10.9 Å². The van der Waals surface area contributed by atoms with Crippen LogP contribution >= 0.6 is 31.9 Å². The molecule has 0 spiro atoms. The van der Waals surface area contributed by atoms with Crippen molar-refractivity contribution in [2.45, 2.75) is 0 Å². The molecule has 0 radical (unpaired) electrons. The number of para-hydroxylation sites is 1. The molecule has 0 saturated carbocycles. The summed E-state index contributed by atoms with van der Waals surface area (Å²) < 4.78 is 1.65. The summed E-state index contributed by atoms with van der Waals surface area (Å²) in [7, 11) is 0. The Kier molecular flexibility index (Phi) is 3.68. The zero-order chi connectivity index (χ0) is 14.1. The molecule has 0 aliphatic rings. The van der Waals surface area contributed by atoms with Gasteiger partial charge in [-0.15, -0.1) is 0 Å². The molecule has 2 nitrogen and oxygen atoms in total. The molecule has 2 aromatic carbocycles. The summed E-state index contributed by atoms with van der Waals surface area (Å²) in [6.45, 7) is 0. The number of pyridine rings is 1. The molecular formula is C16H9Br2NO. The quantitative estimate of drug-likeness (QED) is 0.577. The fraction of sp³-hybridized carbons (Fsp3) is 0. The van der Waals surface area contributed by atoms with Gasteiger partial charge in [0.15, 0.2) is 5.78 Å². The maximum Gasteiger partial charge on any atom is 0.195 e. The highest BCUT2D eigenvalue weighted by molar-refractivity contribution is 9.11. The van der Waals surface area contributed by atoms with Crippen LogP contribution in [0.5, 0.6) is 0 Å². The number of benzene rings is 2. The van der Waals surface area contributed by atoms with Crippen LogP contribution in [-0.2, 0) is 0 Å². The highest BCUT2D eigenvalue weighted by Crippen LogP contribution is 2.25. The number of hydrogen-bond donors (Lipinski definition) is 0. The molecule has 98 valence electrons. The molecule has 0 unspecified atom stereocenters. The highest BCUT2D eigenvalue weighted by atomic mass is 79.9. The lowest BCUT2D eigenvalue weighted by Crippen LogP contribution is -2.03. The molecular weight excluding hydrogens is 382 g/mol. The van der Waals surface area contributed by atoms with Gasteiger partial charge in [-0.1, -0.05) is 50.1 Å². The minimum absolute atomic E-state index is 0.0450. The van der Waals surface area contributed by atoms with Crippen LogP contribution in [0.15, 0.2) is 63.7 Å². The average Bonchev–Trinajstić information content (AvgIpc) is 2.48. The zero-order valence-electron chi connectivity index (χ0n) is 10.3. The van der Waals surface area contributed by atoms with Gasteiger partial charge in [-0.05, 0) is 30.3 Å². The third-order valence-electron chi connectivity index (χ3n) is 3.03. The number of carbonyl (C=O) groups excluding carboxylic acids is 1. The molecule has 0 aliphatic carbocycles. The summed E-state index contributed by atoms with van der Waals surface area (Å²) in [6, 6.07) is 15.2. The number of halogens is 2. The number of aromatic nitrogens is 1. The molecule has 0 amide bonds. The molecule has 3 rings (SSSR count). The number of rotatable bonds is 2. The minimum Gasteiger partial charge on any atom is -0.289 e. The Morgan fingerprint density at radius 3 is 2.65 bits per heavy atom. The third kappa shape index (κ3) is 2.53. The first kappa shape index (κ1) is 13.5. The van der Waals surface area contributed by atoms with Gasteiger partial charge in [0.05, 0.1) is 5.52 Å². The van der Waals surface area contributed by atoms with Crippen LogP contribution < -0.4 is 0 Å². The molecule has 4 heteroatoms. The topological polar surface area (TPSA) is 30.0 Å². The first-order valence-electron chi connectivity index (χ1n) is 6.00. The van der Waals surface area contributed by atoms with Gasteiger partial charge in [0.1, 0.15) is 0 Å². The van der Waals surface area contributed by atoms with Gasteiger partial charge >= 0.3 is 0 Å². The van der Waals surface area contributed by atoms with E-state index < -0.39 is 0 Å². The zero-order valence-corrected chi connectivity index (χ0v) is 13.5. The van der Waals surface area contributed by atoms with Crippen molar-refractivity contribution in [3.8, 4) is 0 Å². The Balaban J connectivity index is 2.10. The SMILES string of the molecule is O=C(c1cnc2ccccc2c1)c1cc(Br)ccc1Br. The summed E-state index contributed by atoms with van der Waals surface area (Å²) in [4.78, 5) is 16.9. The van der Waals surface area contributed by atoms with Gasteiger partial charge < -0.3 is 0 Å². The highest BCUT2D eigenvalue weighted by Gasteiger charge is 2.14. The molecule has 0 fully saturated rings. The monoisotopic (exact) mass is 389 g/mol. The van der Waals surface area contributed by atoms with E-state index in [4.69, 9.17) is 0 Å². The minimum atomic E-state index is -0.0450. The molecule has 3 aromatic rings. The first-order chi connectivity index (χ1) is 9.65. The van der Waals surface area contributed by atoms with Gasteiger partial charge in [-0.2, -0.15) is 0 Å². The fourth-order valence-corrected chi connectivity index (χ4v) is 2.81. The van der Waals surface area contributed by atoms with Crippen molar-refractivity contribution >= 4 is 48.5 Å². The predicted molar refractivity (Wildman–Crippen MR) is 87.0 cm³/mol. The van der Waals surface area contributed by atoms with E-state index in [0.29, 0.717) is 11.1 Å². The van der Waals surface area contributed by atoms with Crippen molar-refractivity contribution in [1.29, 1.82) is 0 Å². The van der Waals surface area contributed by atoms with E-state index in [1.807, 2.05) is 48.5 Å². The van der Waals surface area contributed by atoms with Crippen LogP contribution in [0.4, 0.5) is 0 Å². The molecule has 1 aromatic heterocycles. The molecule has 1 heterocycles. The van der Waals surface area contributed by atoms with Crippen molar-refractivity contribution in [2.24, 2.45) is 0 Å². The van der Waals surface area contributed by atoms with Gasteiger partial charge in [0.2, 0.25) is 0 Å². The number of carbonyl (C=O) groups is 1. The lowest BCUT2D eigenvalue weighted by atomic mass is 10.0. The van der Waals surface area contributed by atoms with Crippen LogP contribution in [0.2, 0.25) is 0 Å². The normalized spacial score (nSPS) is 10.7. The average molecular weight is 391 g/mol. The maximum atomic E-state index is 12.6. The Morgan fingerprint density at radius 1 is 1.00 bits per heavy atom. The van der Waals surface area contributed by atoms with Crippen molar-refractivity contribution in [1.82, 2.24) is 4.98 Å². The Morgan fingerprint density at radius 2 is 1.80 bits per heavy atom. The van der Waals surface area contributed by atoms with E-state index in [-0.39, 0.29) is 5.78 Å². The maximum absolute atomic E-state index is 12.6. The summed E-state index contributed by atoms with van der Waals surface area (Å²) in [5, 5.41) is 0.962. The van der Waals surface area contributed by atoms with Crippen LogP contribution in [0.1, 0.15) is 15.9 Å². The van der Waals surface area contributed by atoms with Crippen LogP contribution in [0, 0.1) is 0 Å². The van der Waals surface area contributed by atoms with Gasteiger partial charge in [-0.3, -0.25) is 9.78 Å². The molecule has 0 aliphatic heterocycles. The Labute approximate surface area is 133 Å². The van der Waals surface area contributed by atoms with E-state index in [1.54, 1.807) is 6.20 Å². The fourth-order valence-electron chi connectivity index (χ4n) is 2.02. The molecule has 0 atom stereocenters. The standard InChI is InChI=1S/C16H9Br2NO/c17-12-5-6-14(18)13(8-12)16(20)11-7-10-3-1-2-4-15(10)19-9-11/h1-9H. The second-order valence-corrected chi connectivity index (χ2v) is 6.14. The summed E-state index contributed by atoms with van der Waals surface area (Å²) in [6.07, 6.45) is 1.62. The third-order valence-corrected chi connectivity index (χ3v) is 4.21. The molecule has 20 heavy (non-hydrogen) atoms. The molecule has 0 bridgehead atoms. The molecule has 0 saturated heterocycles. The largest absolute Gasteiger partial charge is 0.289 e. The number of ketones is 1. The van der Waals surface area contributed by atoms with Gasteiger partial charge in [-0.25, -0.2) is 0 Å².